The van der Waals surface area contributed by atoms with Crippen molar-refractivity contribution in [1.29, 1.82) is 0 Å². The second-order valence-corrected chi connectivity index (χ2v) is 17.3. The molecule has 0 bridgehead atoms. The number of primary amides is 1. The van der Waals surface area contributed by atoms with Crippen LogP contribution < -0.4 is 16.4 Å². The zero-order chi connectivity index (χ0) is 44.7. The van der Waals surface area contributed by atoms with Crippen LogP contribution in [0.3, 0.4) is 0 Å². The summed E-state index contributed by atoms with van der Waals surface area (Å²) in [5, 5.41) is 16.3. The van der Waals surface area contributed by atoms with Gasteiger partial charge in [0.15, 0.2) is 0 Å². The maximum Gasteiger partial charge on any atom is 0.410 e. The van der Waals surface area contributed by atoms with Crippen LogP contribution in [-0.2, 0) is 39.9 Å². The monoisotopic (exact) mass is 852 g/mol. The normalized spacial score (nSPS) is 27.1. The van der Waals surface area contributed by atoms with Crippen LogP contribution in [0.1, 0.15) is 98.5 Å². The van der Waals surface area contributed by atoms with E-state index in [0.29, 0.717) is 48.1 Å². The number of hydrogen-bond donors (Lipinski definition) is 4. The number of anilines is 1. The maximum absolute atomic E-state index is 13.5. The Kier molecular flexibility index (Phi) is 18.8. The van der Waals surface area contributed by atoms with E-state index in [0.717, 1.165) is 18.4 Å². The Morgan fingerprint density at radius 2 is 1.75 bits per heavy atom. The summed E-state index contributed by atoms with van der Waals surface area (Å²) in [4.78, 5) is 66.2. The Morgan fingerprint density at radius 1 is 1.08 bits per heavy atom. The topological polar surface area (TPSA) is 202 Å². The number of epoxide rings is 1. The van der Waals surface area contributed by atoms with Gasteiger partial charge in [0.25, 0.3) is 0 Å². The molecule has 0 unspecified atom stereocenters. The molecule has 61 heavy (non-hydrogen) atoms. The Balaban J connectivity index is 1.26. The van der Waals surface area contributed by atoms with Crippen LogP contribution in [0.2, 0.25) is 0 Å². The highest BCUT2D eigenvalue weighted by molar-refractivity contribution is 5.97. The summed E-state index contributed by atoms with van der Waals surface area (Å²) < 4.78 is 23.5. The zero-order valence-electron chi connectivity index (χ0n) is 37.1. The highest BCUT2D eigenvalue weighted by Crippen LogP contribution is 2.36. The molecule has 338 valence electrons. The number of nitrogens with one attached hydrogen (secondary N) is 2. The second-order valence-electron chi connectivity index (χ2n) is 17.3. The van der Waals surface area contributed by atoms with E-state index in [1.165, 1.54) is 11.3 Å². The summed E-state index contributed by atoms with van der Waals surface area (Å²) in [6.45, 7) is 13.4. The number of nitrogens with zero attached hydrogens (tertiary/aromatic N) is 2. The number of ether oxygens (including phenoxy) is 4. The predicted octanol–water partition coefficient (Wildman–Crippen LogP) is 6.01. The summed E-state index contributed by atoms with van der Waals surface area (Å²) in [7, 11) is 1.57. The number of allylic oxidation sites excluding steroid dienone is 3. The highest BCUT2D eigenvalue weighted by atomic mass is 16.6. The molecule has 0 aromatic heterocycles. The van der Waals surface area contributed by atoms with E-state index in [1.807, 2.05) is 45.1 Å². The second kappa shape index (κ2) is 23.5. The van der Waals surface area contributed by atoms with Crippen LogP contribution >= 0.6 is 0 Å². The summed E-state index contributed by atoms with van der Waals surface area (Å²) in [5.74, 6) is -0.754. The minimum Gasteiger partial charge on any atom is -0.457 e. The lowest BCUT2D eigenvalue weighted by Gasteiger charge is -2.37. The first-order valence-electron chi connectivity index (χ1n) is 21.8. The summed E-state index contributed by atoms with van der Waals surface area (Å²) in [5.41, 5.74) is 6.36. The summed E-state index contributed by atoms with van der Waals surface area (Å²) in [6.07, 6.45) is 12.2. The van der Waals surface area contributed by atoms with Gasteiger partial charge in [-0.3, -0.25) is 14.4 Å². The van der Waals surface area contributed by atoms with Gasteiger partial charge in [-0.05, 0) is 81.7 Å². The molecule has 1 aromatic rings. The molecule has 2 saturated heterocycles. The van der Waals surface area contributed by atoms with Crippen molar-refractivity contribution < 1.29 is 48.0 Å². The van der Waals surface area contributed by atoms with Gasteiger partial charge in [-0.1, -0.05) is 76.6 Å². The van der Waals surface area contributed by atoms with Gasteiger partial charge < -0.3 is 50.2 Å². The molecular formula is C46H69N5O10. The summed E-state index contributed by atoms with van der Waals surface area (Å²) >= 11 is 0. The average Bonchev–Trinajstić information content (AvgIpc) is 3.99. The van der Waals surface area contributed by atoms with Crippen molar-refractivity contribution in [2.75, 3.05) is 38.5 Å². The number of hydrogen-bond acceptors (Lipinski definition) is 11. The number of likely N-dealkylation sites (N-methyl/N-ethyl adjacent to an activating group) is 1. The molecule has 4 amide bonds. The van der Waals surface area contributed by atoms with Crippen LogP contribution in [0.4, 0.5) is 15.3 Å². The number of esters is 1. The lowest BCUT2D eigenvalue weighted by atomic mass is 9.90. The van der Waals surface area contributed by atoms with Crippen molar-refractivity contribution in [2.24, 2.45) is 23.5 Å². The van der Waals surface area contributed by atoms with Crippen molar-refractivity contribution >= 4 is 35.7 Å². The van der Waals surface area contributed by atoms with E-state index in [9.17, 15) is 29.1 Å². The minimum atomic E-state index is -0.970. The molecule has 2 fully saturated rings. The van der Waals surface area contributed by atoms with Crippen molar-refractivity contribution in [3.63, 3.8) is 0 Å². The Morgan fingerprint density at radius 3 is 2.39 bits per heavy atom. The summed E-state index contributed by atoms with van der Waals surface area (Å²) in [6, 6.07) is 6.01. The largest absolute Gasteiger partial charge is 0.457 e. The van der Waals surface area contributed by atoms with Gasteiger partial charge in [0, 0.05) is 44.2 Å². The number of cyclic esters (lactones) is 1. The van der Waals surface area contributed by atoms with E-state index < -0.39 is 53.8 Å². The Bertz CT molecular complexity index is 1720. The molecule has 9 atom stereocenters. The van der Waals surface area contributed by atoms with Gasteiger partial charge in [-0.2, -0.15) is 0 Å². The molecule has 3 heterocycles. The molecule has 5 N–H and O–H groups in total. The van der Waals surface area contributed by atoms with E-state index in [4.69, 9.17) is 24.7 Å². The van der Waals surface area contributed by atoms with Crippen LogP contribution in [0, 0.1) is 17.8 Å². The van der Waals surface area contributed by atoms with Gasteiger partial charge in [-0.25, -0.2) is 9.59 Å². The Hall–Kier alpha value is -4.73. The van der Waals surface area contributed by atoms with Gasteiger partial charge in [0.1, 0.15) is 18.3 Å². The van der Waals surface area contributed by atoms with E-state index in [2.05, 4.69) is 37.5 Å². The first-order valence-corrected chi connectivity index (χ1v) is 21.8. The number of amides is 4. The standard InChI is InChI=1S/C46H69N5O10/c1-8-11-31(3)42-38(59-42)26-30(2)12-9-13-32(4)41-33(5)14-10-20-46(6,21-19-36(52)27-40(54)60-41)61-45(57)51-24-22-50(23-25-51)44(56)58-29-34-15-17-35(18-16-34)49-43(55)37(48-7)28-39(47)53/h9-10,12-18,30-31,33,36-38,41-42,48,52H,8,11,19-29H2,1-7H3,(H2,47,53)(H,49,55)/b12-9+,14-10+,32-13+/t30-,31-,33+,36-,37+,38-,41-,42-,46+/m1/s1. The number of benzene rings is 1. The van der Waals surface area contributed by atoms with Gasteiger partial charge in [0.2, 0.25) is 11.8 Å². The number of aliphatic hydroxyl groups is 1. The number of carbonyl (C=O) groups is 5. The fraction of sp³-hybridized carbons (Fsp3) is 0.630. The number of aliphatic hydroxyl groups excluding tert-OH is 1. The van der Waals surface area contributed by atoms with Gasteiger partial charge >= 0.3 is 18.2 Å². The van der Waals surface area contributed by atoms with Crippen molar-refractivity contribution in [1.82, 2.24) is 15.1 Å². The number of nitrogens with two attached hydrogens (primary N) is 1. The van der Waals surface area contributed by atoms with E-state index >= 15 is 0 Å². The molecule has 1 aromatic carbocycles. The van der Waals surface area contributed by atoms with Crippen molar-refractivity contribution in [3.05, 3.63) is 65.8 Å². The quantitative estimate of drug-likeness (QED) is 0.0499. The first kappa shape index (κ1) is 48.9. The lowest BCUT2D eigenvalue weighted by molar-refractivity contribution is -0.151. The van der Waals surface area contributed by atoms with Crippen molar-refractivity contribution in [2.45, 2.75) is 136 Å². The molecule has 15 nitrogen and oxygen atoms in total. The van der Waals surface area contributed by atoms with Crippen LogP contribution in [-0.4, -0.2) is 114 Å². The molecule has 0 aliphatic carbocycles. The van der Waals surface area contributed by atoms with Crippen LogP contribution in [0.5, 0.6) is 0 Å². The van der Waals surface area contributed by atoms with Gasteiger partial charge in [0.05, 0.1) is 37.2 Å². The maximum atomic E-state index is 13.5. The number of piperazine rings is 1. The third kappa shape index (κ3) is 15.9. The number of rotatable bonds is 16. The molecule has 15 heteroatoms. The molecule has 0 spiro atoms. The van der Waals surface area contributed by atoms with Crippen LogP contribution in [0.15, 0.2) is 60.2 Å². The SMILES string of the molecule is CCC[C@@H](C)[C@H]1O[C@@H]1C[C@H](C)/C=C/C=C(\C)[C@H]1OC(=O)C[C@H](O)CC[C@@](C)(OC(=O)N2CCN(C(=O)OCc3ccc(NC(=O)[C@H](CC(N)=O)NC)cc3)CC2)C/C=C/[C@@H]1C. The molecular weight excluding hydrogens is 783 g/mol. The lowest BCUT2D eigenvalue weighted by Crippen LogP contribution is -2.52. The molecule has 3 aliphatic heterocycles. The minimum absolute atomic E-state index is 0.00672. The third-order valence-corrected chi connectivity index (χ3v) is 11.7. The first-order chi connectivity index (χ1) is 29.0. The van der Waals surface area contributed by atoms with Crippen LogP contribution in [0.25, 0.3) is 0 Å². The third-order valence-electron chi connectivity index (χ3n) is 11.7. The predicted molar refractivity (Wildman–Crippen MR) is 232 cm³/mol. The molecule has 4 rings (SSSR count). The Labute approximate surface area is 361 Å². The number of carbonyl (C=O) groups excluding carboxylic acids is 5. The van der Waals surface area contributed by atoms with Crippen molar-refractivity contribution in [3.8, 4) is 0 Å². The molecule has 0 radical (unpaired) electrons. The highest BCUT2D eigenvalue weighted by Gasteiger charge is 2.42. The fourth-order valence-electron chi connectivity index (χ4n) is 7.83. The van der Waals surface area contributed by atoms with Gasteiger partial charge in [-0.15, -0.1) is 0 Å². The molecule has 0 saturated carbocycles. The van der Waals surface area contributed by atoms with E-state index in [-0.39, 0.29) is 58.0 Å². The fourth-order valence-corrected chi connectivity index (χ4v) is 7.83. The van der Waals surface area contributed by atoms with E-state index in [1.54, 1.807) is 36.2 Å². The smallest absolute Gasteiger partial charge is 0.410 e. The zero-order valence-corrected chi connectivity index (χ0v) is 37.1. The average molecular weight is 852 g/mol. The molecule has 3 aliphatic rings.